The third-order valence-corrected chi connectivity index (χ3v) is 5.94. The van der Waals surface area contributed by atoms with E-state index in [4.69, 9.17) is 0 Å². The molecule has 1 aromatic heterocycles. The lowest BCUT2D eigenvalue weighted by atomic mass is 10.0. The van der Waals surface area contributed by atoms with Gasteiger partial charge in [-0.05, 0) is 24.8 Å². The molecule has 2 aliphatic rings. The van der Waals surface area contributed by atoms with E-state index in [1.807, 2.05) is 35.2 Å². The number of nitrogens with one attached hydrogen (secondary N) is 1. The van der Waals surface area contributed by atoms with Crippen molar-refractivity contribution in [3.05, 3.63) is 63.3 Å². The van der Waals surface area contributed by atoms with Gasteiger partial charge < -0.3 is 14.8 Å². The number of aromatic amines is 1. The summed E-state index contributed by atoms with van der Waals surface area (Å²) in [5.74, 6) is 0.800. The molecule has 2 aliphatic heterocycles. The van der Waals surface area contributed by atoms with Crippen LogP contribution in [-0.4, -0.2) is 51.2 Å². The topological polar surface area (TPSA) is 86.4 Å². The molecule has 7 nitrogen and oxygen atoms in total. The monoisotopic (exact) mass is 394 g/mol. The molecule has 3 heterocycles. The first-order chi connectivity index (χ1) is 14.0. The zero-order valence-corrected chi connectivity index (χ0v) is 16.7. The van der Waals surface area contributed by atoms with Gasteiger partial charge in [-0.1, -0.05) is 30.3 Å². The molecule has 0 spiro atoms. The van der Waals surface area contributed by atoms with Crippen molar-refractivity contribution in [1.82, 2.24) is 19.8 Å². The molecule has 1 fully saturated rings. The molecule has 1 atom stereocenters. The van der Waals surface area contributed by atoms with Crippen LogP contribution in [0, 0.1) is 0 Å². The minimum Gasteiger partial charge on any atom is -0.342 e. The Kier molecular flexibility index (Phi) is 5.47. The number of aryl methyl sites for hydroxylation is 1. The molecular formula is C22H26N4O3. The molecule has 1 aromatic carbocycles. The van der Waals surface area contributed by atoms with Gasteiger partial charge in [0.2, 0.25) is 11.8 Å². The number of H-pyrrole nitrogens is 1. The van der Waals surface area contributed by atoms with E-state index in [2.05, 4.69) is 9.97 Å². The number of hydrogen-bond donors (Lipinski definition) is 1. The van der Waals surface area contributed by atoms with Gasteiger partial charge in [-0.3, -0.25) is 14.4 Å². The van der Waals surface area contributed by atoms with Crippen LogP contribution in [0.15, 0.2) is 35.1 Å². The smallest absolute Gasteiger partial charge is 0.254 e. The summed E-state index contributed by atoms with van der Waals surface area (Å²) in [5, 5.41) is 0. The number of nitrogens with zero attached hydrogens (tertiary/aromatic N) is 3. The van der Waals surface area contributed by atoms with E-state index in [1.54, 1.807) is 4.90 Å². The fourth-order valence-electron chi connectivity index (χ4n) is 4.19. The predicted octanol–water partition coefficient (Wildman–Crippen LogP) is 1.62. The van der Waals surface area contributed by atoms with Crippen LogP contribution < -0.4 is 5.56 Å². The lowest BCUT2D eigenvalue weighted by molar-refractivity contribution is -0.130. The van der Waals surface area contributed by atoms with Crippen LogP contribution in [0.3, 0.4) is 0 Å². The Balaban J connectivity index is 1.42. The van der Waals surface area contributed by atoms with E-state index >= 15 is 0 Å². The molecule has 2 amide bonds. The molecule has 1 saturated heterocycles. The second-order valence-corrected chi connectivity index (χ2v) is 7.88. The Hall–Kier alpha value is -2.96. The molecule has 0 unspecified atom stereocenters. The maximum Gasteiger partial charge on any atom is 0.254 e. The minimum atomic E-state index is -0.109. The fourth-order valence-corrected chi connectivity index (χ4v) is 4.19. The van der Waals surface area contributed by atoms with Gasteiger partial charge in [0.05, 0.1) is 12.2 Å². The van der Waals surface area contributed by atoms with E-state index in [-0.39, 0.29) is 23.3 Å². The third-order valence-electron chi connectivity index (χ3n) is 5.94. The van der Waals surface area contributed by atoms with Crippen molar-refractivity contribution in [3.63, 3.8) is 0 Å². The van der Waals surface area contributed by atoms with Crippen LogP contribution in [0.1, 0.15) is 48.3 Å². The van der Waals surface area contributed by atoms with Crippen molar-refractivity contribution in [2.24, 2.45) is 0 Å². The fraction of sp³-hybridized carbons (Fsp3) is 0.455. The zero-order chi connectivity index (χ0) is 20.4. The second-order valence-electron chi connectivity index (χ2n) is 7.88. The quantitative estimate of drug-likeness (QED) is 0.854. The number of benzene rings is 1. The first kappa shape index (κ1) is 19.4. The van der Waals surface area contributed by atoms with E-state index in [1.165, 1.54) is 6.92 Å². The van der Waals surface area contributed by atoms with Crippen LogP contribution in [0.2, 0.25) is 0 Å². The third kappa shape index (κ3) is 4.23. The summed E-state index contributed by atoms with van der Waals surface area (Å²) in [4.78, 5) is 48.0. The summed E-state index contributed by atoms with van der Waals surface area (Å²) in [6, 6.07) is 10.0. The molecule has 4 rings (SSSR count). The Morgan fingerprint density at radius 3 is 2.72 bits per heavy atom. The van der Waals surface area contributed by atoms with Gasteiger partial charge in [0.15, 0.2) is 0 Å². The van der Waals surface area contributed by atoms with Crippen LogP contribution in [0.25, 0.3) is 0 Å². The zero-order valence-electron chi connectivity index (χ0n) is 16.7. The molecule has 7 heteroatoms. The highest BCUT2D eigenvalue weighted by Gasteiger charge is 2.30. The number of hydrogen-bond acceptors (Lipinski definition) is 4. The molecule has 152 valence electrons. The van der Waals surface area contributed by atoms with Gasteiger partial charge in [-0.2, -0.15) is 0 Å². The number of fused-ring (bicyclic) bond motifs is 1. The summed E-state index contributed by atoms with van der Waals surface area (Å²) >= 11 is 0. The first-order valence-electron chi connectivity index (χ1n) is 10.2. The normalized spacial score (nSPS) is 18.6. The van der Waals surface area contributed by atoms with Gasteiger partial charge in [-0.15, -0.1) is 0 Å². The largest absolute Gasteiger partial charge is 0.342 e. The number of aromatic nitrogens is 2. The summed E-state index contributed by atoms with van der Waals surface area (Å²) in [7, 11) is 0. The highest BCUT2D eigenvalue weighted by molar-refractivity contribution is 5.77. The van der Waals surface area contributed by atoms with Crippen LogP contribution in [0.4, 0.5) is 0 Å². The van der Waals surface area contributed by atoms with Crippen molar-refractivity contribution in [1.29, 1.82) is 0 Å². The molecule has 0 saturated carbocycles. The van der Waals surface area contributed by atoms with Gasteiger partial charge in [0.25, 0.3) is 5.56 Å². The van der Waals surface area contributed by atoms with E-state index < -0.39 is 0 Å². The van der Waals surface area contributed by atoms with Gasteiger partial charge in [0.1, 0.15) is 5.82 Å². The van der Waals surface area contributed by atoms with Crippen molar-refractivity contribution in [2.45, 2.75) is 45.1 Å². The van der Waals surface area contributed by atoms with Crippen molar-refractivity contribution in [2.75, 3.05) is 19.6 Å². The van der Waals surface area contributed by atoms with E-state index in [0.717, 1.165) is 18.4 Å². The van der Waals surface area contributed by atoms with E-state index in [9.17, 15) is 14.4 Å². The number of amides is 2. The molecule has 0 aliphatic carbocycles. The molecular weight excluding hydrogens is 368 g/mol. The number of likely N-dealkylation sites (tertiary alicyclic amines) is 1. The second kappa shape index (κ2) is 8.19. The SMILES string of the molecule is CC(=O)N1CCc2c(nc([C@H]3CCN(C(=O)CCc4ccccc4)C3)[nH]c2=O)C1. The van der Waals surface area contributed by atoms with Crippen LogP contribution in [-0.2, 0) is 29.0 Å². The first-order valence-corrected chi connectivity index (χ1v) is 10.2. The maximum absolute atomic E-state index is 12.6. The molecule has 29 heavy (non-hydrogen) atoms. The Bertz CT molecular complexity index is 970. The van der Waals surface area contributed by atoms with Crippen LogP contribution in [0.5, 0.6) is 0 Å². The van der Waals surface area contributed by atoms with E-state index in [0.29, 0.717) is 56.1 Å². The van der Waals surface area contributed by atoms with Gasteiger partial charge in [0, 0.05) is 44.5 Å². The summed E-state index contributed by atoms with van der Waals surface area (Å²) in [6.45, 7) is 3.73. The van der Waals surface area contributed by atoms with Gasteiger partial charge >= 0.3 is 0 Å². The summed E-state index contributed by atoms with van der Waals surface area (Å²) in [6.07, 6.45) is 2.54. The standard InChI is InChI=1S/C22H26N4O3/c1-15(27)25-12-10-18-19(14-25)23-21(24-22(18)29)17-9-11-26(13-17)20(28)8-7-16-5-3-2-4-6-16/h2-6,17H,7-14H2,1H3,(H,23,24,29)/t17-/m0/s1. The Labute approximate surface area is 169 Å². The summed E-state index contributed by atoms with van der Waals surface area (Å²) < 4.78 is 0. The Morgan fingerprint density at radius 2 is 1.97 bits per heavy atom. The Morgan fingerprint density at radius 1 is 1.17 bits per heavy atom. The van der Waals surface area contributed by atoms with Crippen molar-refractivity contribution >= 4 is 11.8 Å². The average Bonchev–Trinajstić information content (AvgIpc) is 3.22. The van der Waals surface area contributed by atoms with Gasteiger partial charge in [-0.25, -0.2) is 4.98 Å². The summed E-state index contributed by atoms with van der Waals surface area (Å²) in [5.41, 5.74) is 2.42. The van der Waals surface area contributed by atoms with Crippen molar-refractivity contribution < 1.29 is 9.59 Å². The minimum absolute atomic E-state index is 0.00432. The van der Waals surface area contributed by atoms with Crippen molar-refractivity contribution in [3.8, 4) is 0 Å². The van der Waals surface area contributed by atoms with Crippen LogP contribution >= 0.6 is 0 Å². The average molecular weight is 394 g/mol. The lowest BCUT2D eigenvalue weighted by Crippen LogP contribution is -2.38. The number of carbonyl (C=O) groups excluding carboxylic acids is 2. The predicted molar refractivity (Wildman–Crippen MR) is 108 cm³/mol. The highest BCUT2D eigenvalue weighted by atomic mass is 16.2. The highest BCUT2D eigenvalue weighted by Crippen LogP contribution is 2.26. The lowest BCUT2D eigenvalue weighted by Gasteiger charge is -2.27. The molecule has 0 radical (unpaired) electrons. The molecule has 1 N–H and O–H groups in total. The maximum atomic E-state index is 12.6. The number of rotatable bonds is 4. The molecule has 2 aromatic rings. The number of carbonyl (C=O) groups is 2. The molecule has 0 bridgehead atoms.